The molecule has 0 atom stereocenters. The van der Waals surface area contributed by atoms with Gasteiger partial charge in [0.25, 0.3) is 0 Å². The summed E-state index contributed by atoms with van der Waals surface area (Å²) >= 11 is 0. The van der Waals surface area contributed by atoms with Crippen LogP contribution in [0.2, 0.25) is 0 Å². The molecule has 2 heteroatoms. The van der Waals surface area contributed by atoms with Crippen LogP contribution in [0.25, 0.3) is 0 Å². The highest BCUT2D eigenvalue weighted by Crippen LogP contribution is 1.99. The van der Waals surface area contributed by atoms with Gasteiger partial charge in [0.15, 0.2) is 0 Å². The summed E-state index contributed by atoms with van der Waals surface area (Å²) in [7, 11) is 0. The summed E-state index contributed by atoms with van der Waals surface area (Å²) in [5.74, 6) is 2.64. The van der Waals surface area contributed by atoms with Crippen LogP contribution in [-0.4, -0.2) is 11.5 Å². The third kappa shape index (κ3) is 5.19. The summed E-state index contributed by atoms with van der Waals surface area (Å²) in [6, 6.07) is 4.14. The highest BCUT2D eigenvalue weighted by molar-refractivity contribution is 5.12. The van der Waals surface area contributed by atoms with Gasteiger partial charge < -0.3 is 5.32 Å². The van der Waals surface area contributed by atoms with Crippen LogP contribution >= 0.6 is 0 Å². The number of hydrogen-bond donors (Lipinski definition) is 1. The van der Waals surface area contributed by atoms with Gasteiger partial charge in [-0.15, -0.1) is 12.3 Å². The average Bonchev–Trinajstić information content (AvgIpc) is 2.26. The second kappa shape index (κ2) is 7.03. The standard InChI is InChI=1S/C13H18N2/c1-3-4-5-6-9-14-10-13-8-7-12(2)15-11-13/h1,7-8,11,14H,4-6,9-10H2,2H3. The topological polar surface area (TPSA) is 24.9 Å². The molecule has 80 valence electrons. The number of nitrogens with zero attached hydrogens (tertiary/aromatic N) is 1. The first kappa shape index (κ1) is 11.7. The number of aromatic nitrogens is 1. The van der Waals surface area contributed by atoms with Crippen LogP contribution < -0.4 is 5.32 Å². The van der Waals surface area contributed by atoms with E-state index in [1.807, 2.05) is 19.2 Å². The lowest BCUT2D eigenvalue weighted by Gasteiger charge is -2.03. The second-order valence-electron chi connectivity index (χ2n) is 3.65. The van der Waals surface area contributed by atoms with Gasteiger partial charge in [0.05, 0.1) is 0 Å². The fraction of sp³-hybridized carbons (Fsp3) is 0.462. The van der Waals surface area contributed by atoms with Gasteiger partial charge in [-0.05, 0) is 37.9 Å². The third-order valence-electron chi connectivity index (χ3n) is 2.23. The van der Waals surface area contributed by atoms with Crippen molar-refractivity contribution in [1.29, 1.82) is 0 Å². The molecule has 0 aromatic carbocycles. The number of hydrogen-bond acceptors (Lipinski definition) is 2. The van der Waals surface area contributed by atoms with Gasteiger partial charge in [-0.1, -0.05) is 6.07 Å². The van der Waals surface area contributed by atoms with Crippen LogP contribution in [0.5, 0.6) is 0 Å². The molecule has 0 unspecified atom stereocenters. The SMILES string of the molecule is C#CCCCCNCc1ccc(C)nc1. The zero-order valence-corrected chi connectivity index (χ0v) is 9.29. The van der Waals surface area contributed by atoms with Crippen molar-refractivity contribution in [3.05, 3.63) is 29.6 Å². The van der Waals surface area contributed by atoms with E-state index in [0.717, 1.165) is 38.0 Å². The fourth-order valence-electron chi connectivity index (χ4n) is 1.31. The van der Waals surface area contributed by atoms with Crippen LogP contribution in [0.4, 0.5) is 0 Å². The molecule has 15 heavy (non-hydrogen) atoms. The van der Waals surface area contributed by atoms with Crippen molar-refractivity contribution < 1.29 is 0 Å². The summed E-state index contributed by atoms with van der Waals surface area (Å²) in [4.78, 5) is 4.24. The van der Waals surface area contributed by atoms with E-state index in [9.17, 15) is 0 Å². The van der Waals surface area contributed by atoms with Crippen LogP contribution in [-0.2, 0) is 6.54 Å². The Morgan fingerprint density at radius 1 is 1.40 bits per heavy atom. The van der Waals surface area contributed by atoms with Gasteiger partial charge in [-0.2, -0.15) is 0 Å². The van der Waals surface area contributed by atoms with Gasteiger partial charge >= 0.3 is 0 Å². The molecular formula is C13H18N2. The average molecular weight is 202 g/mol. The molecule has 1 heterocycles. The lowest BCUT2D eigenvalue weighted by Crippen LogP contribution is -2.14. The smallest absolute Gasteiger partial charge is 0.0372 e. The second-order valence-corrected chi connectivity index (χ2v) is 3.65. The van der Waals surface area contributed by atoms with E-state index in [0.29, 0.717) is 0 Å². The number of pyridine rings is 1. The predicted octanol–water partition coefficient (Wildman–Crippen LogP) is 2.28. The largest absolute Gasteiger partial charge is 0.313 e. The van der Waals surface area contributed by atoms with E-state index in [2.05, 4.69) is 22.3 Å². The summed E-state index contributed by atoms with van der Waals surface area (Å²) in [6.45, 7) is 3.91. The minimum Gasteiger partial charge on any atom is -0.313 e. The Balaban J connectivity index is 2.10. The molecule has 0 aliphatic rings. The van der Waals surface area contributed by atoms with Gasteiger partial charge in [0.2, 0.25) is 0 Å². The Bertz CT molecular complexity index is 308. The van der Waals surface area contributed by atoms with Crippen molar-refractivity contribution >= 4 is 0 Å². The zero-order chi connectivity index (χ0) is 10.9. The van der Waals surface area contributed by atoms with Crippen LogP contribution in [0, 0.1) is 19.3 Å². The van der Waals surface area contributed by atoms with E-state index in [1.54, 1.807) is 0 Å². The maximum Gasteiger partial charge on any atom is 0.0372 e. The molecule has 0 spiro atoms. The molecule has 1 rings (SSSR count). The van der Waals surface area contributed by atoms with Gasteiger partial charge in [0.1, 0.15) is 0 Å². The van der Waals surface area contributed by atoms with Crippen molar-refractivity contribution in [1.82, 2.24) is 10.3 Å². The molecule has 0 amide bonds. The first-order valence-corrected chi connectivity index (χ1v) is 5.38. The molecule has 0 aliphatic carbocycles. The Hall–Kier alpha value is -1.33. The lowest BCUT2D eigenvalue weighted by molar-refractivity contribution is 0.628. The molecule has 2 nitrogen and oxygen atoms in total. The number of aryl methyl sites for hydroxylation is 1. The van der Waals surface area contributed by atoms with E-state index >= 15 is 0 Å². The number of nitrogens with one attached hydrogen (secondary N) is 1. The molecule has 0 saturated heterocycles. The summed E-state index contributed by atoms with van der Waals surface area (Å²) in [5, 5.41) is 3.37. The monoisotopic (exact) mass is 202 g/mol. The molecule has 0 fully saturated rings. The predicted molar refractivity (Wildman–Crippen MR) is 63.4 cm³/mol. The Labute approximate surface area is 92.1 Å². The molecular weight excluding hydrogens is 184 g/mol. The maximum absolute atomic E-state index is 5.17. The highest BCUT2D eigenvalue weighted by Gasteiger charge is 1.92. The Morgan fingerprint density at radius 2 is 2.27 bits per heavy atom. The summed E-state index contributed by atoms with van der Waals surface area (Å²) in [5.41, 5.74) is 2.30. The van der Waals surface area contributed by atoms with Gasteiger partial charge in [-0.25, -0.2) is 0 Å². The lowest BCUT2D eigenvalue weighted by atomic mass is 10.2. The fourth-order valence-corrected chi connectivity index (χ4v) is 1.31. The first-order chi connectivity index (χ1) is 7.33. The van der Waals surface area contributed by atoms with Crippen molar-refractivity contribution in [3.8, 4) is 12.3 Å². The number of rotatable bonds is 6. The molecule has 0 bridgehead atoms. The van der Waals surface area contributed by atoms with Gasteiger partial charge in [-0.3, -0.25) is 4.98 Å². The minimum absolute atomic E-state index is 0.883. The molecule has 0 aliphatic heterocycles. The quantitative estimate of drug-likeness (QED) is 0.565. The molecule has 1 aromatic rings. The molecule has 0 saturated carbocycles. The van der Waals surface area contributed by atoms with E-state index < -0.39 is 0 Å². The van der Waals surface area contributed by atoms with Crippen LogP contribution in [0.15, 0.2) is 18.3 Å². The van der Waals surface area contributed by atoms with Crippen LogP contribution in [0.1, 0.15) is 30.5 Å². The first-order valence-electron chi connectivity index (χ1n) is 5.38. The van der Waals surface area contributed by atoms with E-state index in [1.165, 1.54) is 5.56 Å². The van der Waals surface area contributed by atoms with Crippen molar-refractivity contribution in [2.75, 3.05) is 6.54 Å². The van der Waals surface area contributed by atoms with Crippen molar-refractivity contribution in [2.24, 2.45) is 0 Å². The van der Waals surface area contributed by atoms with Crippen molar-refractivity contribution in [3.63, 3.8) is 0 Å². The van der Waals surface area contributed by atoms with Gasteiger partial charge in [0, 0.05) is 24.9 Å². The molecule has 1 aromatic heterocycles. The number of unbranched alkanes of at least 4 members (excludes halogenated alkanes) is 2. The Morgan fingerprint density at radius 3 is 2.93 bits per heavy atom. The van der Waals surface area contributed by atoms with Crippen molar-refractivity contribution in [2.45, 2.75) is 32.7 Å². The summed E-state index contributed by atoms with van der Waals surface area (Å²) < 4.78 is 0. The van der Waals surface area contributed by atoms with E-state index in [4.69, 9.17) is 6.42 Å². The maximum atomic E-state index is 5.17. The summed E-state index contributed by atoms with van der Waals surface area (Å²) in [6.07, 6.45) is 10.2. The molecule has 1 N–H and O–H groups in total. The van der Waals surface area contributed by atoms with E-state index in [-0.39, 0.29) is 0 Å². The molecule has 0 radical (unpaired) electrons. The minimum atomic E-state index is 0.883. The van der Waals surface area contributed by atoms with Crippen LogP contribution in [0.3, 0.4) is 0 Å². The normalized spacial score (nSPS) is 9.87. The number of terminal acetylenes is 1. The third-order valence-corrected chi connectivity index (χ3v) is 2.23. The Kier molecular flexibility index (Phi) is 5.50. The zero-order valence-electron chi connectivity index (χ0n) is 9.29. The highest BCUT2D eigenvalue weighted by atomic mass is 14.8.